The molecular weight excluding hydrogens is 212 g/mol. The highest BCUT2D eigenvalue weighted by Crippen LogP contribution is 2.31. The Morgan fingerprint density at radius 1 is 1.18 bits per heavy atom. The first-order valence-corrected chi connectivity index (χ1v) is 7.33. The minimum absolute atomic E-state index is 0.393. The maximum atomic E-state index is 11.9. The lowest BCUT2D eigenvalue weighted by Crippen LogP contribution is -2.45. The fraction of sp³-hybridized carbons (Fsp3) is 0.929. The summed E-state index contributed by atoms with van der Waals surface area (Å²) >= 11 is 0. The van der Waals surface area contributed by atoms with Crippen molar-refractivity contribution >= 4 is 5.91 Å². The molecule has 0 aromatic carbocycles. The zero-order valence-electron chi connectivity index (χ0n) is 11.1. The number of nitrogens with one attached hydrogen (secondary N) is 1. The van der Waals surface area contributed by atoms with Crippen LogP contribution >= 0.6 is 0 Å². The Morgan fingerprint density at radius 3 is 2.47 bits per heavy atom. The molecule has 2 rings (SSSR count). The van der Waals surface area contributed by atoms with Gasteiger partial charge < -0.3 is 10.2 Å². The highest BCUT2D eigenvalue weighted by Gasteiger charge is 2.34. The number of likely N-dealkylation sites (tertiary alicyclic amines) is 1. The number of nitrogens with zero attached hydrogens (tertiary/aromatic N) is 1. The SMILES string of the molecule is CCCCCNC1CCN(C(=O)C2CC2)CC1. The highest BCUT2D eigenvalue weighted by molar-refractivity contribution is 5.81. The van der Waals surface area contributed by atoms with Crippen LogP contribution in [-0.2, 0) is 4.79 Å². The van der Waals surface area contributed by atoms with E-state index in [9.17, 15) is 4.79 Å². The molecule has 0 atom stereocenters. The second-order valence-corrected chi connectivity index (χ2v) is 5.54. The number of hydrogen-bond donors (Lipinski definition) is 1. The van der Waals surface area contributed by atoms with Crippen molar-refractivity contribution in [3.05, 3.63) is 0 Å². The molecule has 1 amide bonds. The predicted octanol–water partition coefficient (Wildman–Crippen LogP) is 2.17. The topological polar surface area (TPSA) is 32.3 Å². The van der Waals surface area contributed by atoms with Gasteiger partial charge in [-0.25, -0.2) is 0 Å². The molecule has 2 fully saturated rings. The van der Waals surface area contributed by atoms with Crippen molar-refractivity contribution in [1.29, 1.82) is 0 Å². The van der Waals surface area contributed by atoms with Crippen LogP contribution in [0.15, 0.2) is 0 Å². The van der Waals surface area contributed by atoms with Crippen LogP contribution in [0.4, 0.5) is 0 Å². The summed E-state index contributed by atoms with van der Waals surface area (Å²) in [7, 11) is 0. The van der Waals surface area contributed by atoms with Gasteiger partial charge in [-0.2, -0.15) is 0 Å². The van der Waals surface area contributed by atoms with Gasteiger partial charge in [0.05, 0.1) is 0 Å². The summed E-state index contributed by atoms with van der Waals surface area (Å²) in [5.74, 6) is 0.818. The van der Waals surface area contributed by atoms with Crippen molar-refractivity contribution in [3.63, 3.8) is 0 Å². The van der Waals surface area contributed by atoms with E-state index in [2.05, 4.69) is 17.1 Å². The fourth-order valence-corrected chi connectivity index (χ4v) is 2.57. The molecular formula is C14H26N2O. The summed E-state index contributed by atoms with van der Waals surface area (Å²) in [5.41, 5.74) is 0. The van der Waals surface area contributed by atoms with Gasteiger partial charge >= 0.3 is 0 Å². The maximum Gasteiger partial charge on any atom is 0.225 e. The zero-order valence-corrected chi connectivity index (χ0v) is 11.1. The van der Waals surface area contributed by atoms with E-state index in [-0.39, 0.29) is 0 Å². The number of carbonyl (C=O) groups is 1. The Labute approximate surface area is 105 Å². The van der Waals surface area contributed by atoms with Gasteiger partial charge in [0.15, 0.2) is 0 Å². The van der Waals surface area contributed by atoms with E-state index < -0.39 is 0 Å². The Kier molecular flexibility index (Phi) is 4.84. The van der Waals surface area contributed by atoms with Crippen molar-refractivity contribution in [2.75, 3.05) is 19.6 Å². The second-order valence-electron chi connectivity index (χ2n) is 5.54. The van der Waals surface area contributed by atoms with Gasteiger partial charge in [-0.1, -0.05) is 19.8 Å². The van der Waals surface area contributed by atoms with Crippen molar-refractivity contribution in [2.24, 2.45) is 5.92 Å². The Morgan fingerprint density at radius 2 is 1.88 bits per heavy atom. The lowest BCUT2D eigenvalue weighted by molar-refractivity contribution is -0.133. The number of hydrogen-bond acceptors (Lipinski definition) is 2. The predicted molar refractivity (Wildman–Crippen MR) is 69.9 cm³/mol. The van der Waals surface area contributed by atoms with Gasteiger partial charge in [0.2, 0.25) is 5.91 Å². The molecule has 0 spiro atoms. The summed E-state index contributed by atoms with van der Waals surface area (Å²) in [6, 6.07) is 0.648. The fourth-order valence-electron chi connectivity index (χ4n) is 2.57. The molecule has 0 aromatic heterocycles. The molecule has 0 unspecified atom stereocenters. The largest absolute Gasteiger partial charge is 0.342 e. The Bertz CT molecular complexity index is 243. The van der Waals surface area contributed by atoms with Crippen molar-refractivity contribution in [3.8, 4) is 0 Å². The molecule has 98 valence electrons. The molecule has 3 heteroatoms. The first-order valence-electron chi connectivity index (χ1n) is 7.33. The Hall–Kier alpha value is -0.570. The Balaban J connectivity index is 1.58. The monoisotopic (exact) mass is 238 g/mol. The number of amides is 1. The maximum absolute atomic E-state index is 11.9. The summed E-state index contributed by atoms with van der Waals surface area (Å²) in [5, 5.41) is 3.62. The number of carbonyl (C=O) groups excluding carboxylic acids is 1. The normalized spacial score (nSPS) is 21.8. The molecule has 1 heterocycles. The molecule has 1 saturated heterocycles. The van der Waals surface area contributed by atoms with Gasteiger partial charge in [0.1, 0.15) is 0 Å². The summed E-state index contributed by atoms with van der Waals surface area (Å²) in [4.78, 5) is 14.0. The molecule has 1 aliphatic carbocycles. The van der Waals surface area contributed by atoms with Crippen LogP contribution in [0.3, 0.4) is 0 Å². The molecule has 0 radical (unpaired) electrons. The summed E-state index contributed by atoms with van der Waals surface area (Å²) in [6.07, 6.45) is 8.46. The van der Waals surface area contributed by atoms with E-state index in [1.54, 1.807) is 0 Å². The van der Waals surface area contributed by atoms with Crippen LogP contribution < -0.4 is 5.32 Å². The minimum atomic E-state index is 0.393. The quantitative estimate of drug-likeness (QED) is 0.719. The van der Waals surface area contributed by atoms with E-state index in [4.69, 9.17) is 0 Å². The molecule has 0 bridgehead atoms. The van der Waals surface area contributed by atoms with Crippen LogP contribution in [0.25, 0.3) is 0 Å². The highest BCUT2D eigenvalue weighted by atomic mass is 16.2. The lowest BCUT2D eigenvalue weighted by Gasteiger charge is -2.32. The molecule has 1 saturated carbocycles. The van der Waals surface area contributed by atoms with Crippen LogP contribution in [-0.4, -0.2) is 36.5 Å². The van der Waals surface area contributed by atoms with Crippen molar-refractivity contribution in [2.45, 2.75) is 57.9 Å². The van der Waals surface area contributed by atoms with Crippen molar-refractivity contribution in [1.82, 2.24) is 10.2 Å². The first-order chi connectivity index (χ1) is 8.31. The zero-order chi connectivity index (χ0) is 12.1. The molecule has 1 N–H and O–H groups in total. The molecule has 2 aliphatic rings. The van der Waals surface area contributed by atoms with Gasteiger partial charge in [0, 0.05) is 25.0 Å². The smallest absolute Gasteiger partial charge is 0.225 e. The van der Waals surface area contributed by atoms with Crippen LogP contribution in [0.2, 0.25) is 0 Å². The molecule has 17 heavy (non-hydrogen) atoms. The summed E-state index contributed by atoms with van der Waals surface area (Å²) < 4.78 is 0. The molecule has 3 nitrogen and oxygen atoms in total. The lowest BCUT2D eigenvalue weighted by atomic mass is 10.0. The van der Waals surface area contributed by atoms with E-state index in [1.165, 1.54) is 19.3 Å². The van der Waals surface area contributed by atoms with E-state index in [1.807, 2.05) is 0 Å². The standard InChI is InChI=1S/C14H26N2O/c1-2-3-4-9-15-13-7-10-16(11-8-13)14(17)12-5-6-12/h12-13,15H,2-11H2,1H3. The van der Waals surface area contributed by atoms with Crippen LogP contribution in [0.5, 0.6) is 0 Å². The minimum Gasteiger partial charge on any atom is -0.342 e. The van der Waals surface area contributed by atoms with E-state index >= 15 is 0 Å². The van der Waals surface area contributed by atoms with Gasteiger partial charge in [-0.15, -0.1) is 0 Å². The third-order valence-corrected chi connectivity index (χ3v) is 3.95. The molecule has 1 aliphatic heterocycles. The second kappa shape index (κ2) is 6.39. The van der Waals surface area contributed by atoms with Gasteiger partial charge in [-0.3, -0.25) is 4.79 Å². The number of unbranched alkanes of at least 4 members (excludes halogenated alkanes) is 2. The third-order valence-electron chi connectivity index (χ3n) is 3.95. The van der Waals surface area contributed by atoms with E-state index in [0.29, 0.717) is 17.9 Å². The first kappa shape index (κ1) is 12.9. The van der Waals surface area contributed by atoms with Crippen molar-refractivity contribution < 1.29 is 4.79 Å². The molecule has 0 aromatic rings. The third kappa shape index (κ3) is 3.98. The van der Waals surface area contributed by atoms with Gasteiger partial charge in [0.25, 0.3) is 0 Å². The van der Waals surface area contributed by atoms with Crippen LogP contribution in [0.1, 0.15) is 51.9 Å². The summed E-state index contributed by atoms with van der Waals surface area (Å²) in [6.45, 7) is 5.33. The number of rotatable bonds is 6. The van der Waals surface area contributed by atoms with Crippen LogP contribution in [0, 0.1) is 5.92 Å². The average molecular weight is 238 g/mol. The van der Waals surface area contributed by atoms with E-state index in [0.717, 1.165) is 45.3 Å². The van der Waals surface area contributed by atoms with Gasteiger partial charge in [-0.05, 0) is 38.6 Å². The number of piperidine rings is 1. The average Bonchev–Trinajstić information content (AvgIpc) is 3.19.